The first-order chi connectivity index (χ1) is 18.0. The maximum Gasteiger partial charge on any atom is 0.418 e. The highest BCUT2D eigenvalue weighted by molar-refractivity contribution is 6.31. The van der Waals surface area contributed by atoms with Crippen LogP contribution in [0.15, 0.2) is 48.9 Å². The largest absolute Gasteiger partial charge is 0.418 e. The number of nitrogen functional groups attached to an aromatic ring is 1. The molecule has 0 spiro atoms. The average molecular weight is 552 g/mol. The fourth-order valence-electron chi connectivity index (χ4n) is 4.07. The van der Waals surface area contributed by atoms with Crippen LogP contribution < -0.4 is 16.4 Å². The molecule has 1 aliphatic rings. The molecule has 3 heterocycles. The van der Waals surface area contributed by atoms with E-state index in [0.29, 0.717) is 18.7 Å². The van der Waals surface area contributed by atoms with Crippen LogP contribution in [0.3, 0.4) is 0 Å². The topological polar surface area (TPSA) is 119 Å². The molecule has 0 radical (unpaired) electrons. The van der Waals surface area contributed by atoms with E-state index in [1.807, 2.05) is 0 Å². The maximum absolute atomic E-state index is 14.2. The first-order valence-electron chi connectivity index (χ1n) is 11.4. The van der Waals surface area contributed by atoms with Gasteiger partial charge in [0.1, 0.15) is 5.82 Å². The Morgan fingerprint density at radius 3 is 2.63 bits per heavy atom. The molecule has 1 saturated heterocycles. The molecule has 4 N–H and O–H groups in total. The summed E-state index contributed by atoms with van der Waals surface area (Å²) < 4.78 is 59.4. The number of pyridine rings is 2. The molecule has 13 heteroatoms. The van der Waals surface area contributed by atoms with E-state index in [1.54, 1.807) is 0 Å². The van der Waals surface area contributed by atoms with Gasteiger partial charge >= 0.3 is 6.18 Å². The molecule has 0 bridgehead atoms. The predicted octanol–water partition coefficient (Wildman–Crippen LogP) is 4.91. The number of alkyl halides is 3. The molecular weight excluding hydrogens is 530 g/mol. The lowest BCUT2D eigenvalue weighted by molar-refractivity contribution is -0.137. The number of amides is 1. The van der Waals surface area contributed by atoms with Gasteiger partial charge in [0, 0.05) is 31.0 Å². The second kappa shape index (κ2) is 10.9. The van der Waals surface area contributed by atoms with E-state index < -0.39 is 34.6 Å². The van der Waals surface area contributed by atoms with Crippen LogP contribution in [0.25, 0.3) is 0 Å². The van der Waals surface area contributed by atoms with E-state index in [4.69, 9.17) is 22.1 Å². The highest BCUT2D eigenvalue weighted by Crippen LogP contribution is 2.38. The second-order valence-corrected chi connectivity index (χ2v) is 9.22. The lowest BCUT2D eigenvalue weighted by atomic mass is 9.80. The van der Waals surface area contributed by atoms with Gasteiger partial charge < -0.3 is 21.1 Å². The summed E-state index contributed by atoms with van der Waals surface area (Å²) in [4.78, 5) is 34.0. The molecule has 8 nitrogen and oxygen atoms in total. The molecular formula is C25H22ClF4N5O3. The molecule has 38 heavy (non-hydrogen) atoms. The molecule has 1 aromatic carbocycles. The van der Waals surface area contributed by atoms with E-state index in [2.05, 4.69) is 20.6 Å². The van der Waals surface area contributed by atoms with Gasteiger partial charge in [0.05, 0.1) is 58.1 Å². The van der Waals surface area contributed by atoms with Crippen molar-refractivity contribution in [1.29, 1.82) is 0 Å². The Morgan fingerprint density at radius 1 is 1.18 bits per heavy atom. The molecule has 0 unspecified atom stereocenters. The van der Waals surface area contributed by atoms with Crippen LogP contribution in [-0.4, -0.2) is 34.9 Å². The van der Waals surface area contributed by atoms with Crippen molar-refractivity contribution < 1.29 is 31.9 Å². The van der Waals surface area contributed by atoms with Crippen LogP contribution in [0.4, 0.5) is 34.6 Å². The highest BCUT2D eigenvalue weighted by Gasteiger charge is 2.44. The summed E-state index contributed by atoms with van der Waals surface area (Å²) in [5, 5.41) is 5.11. The number of para-hydroxylation sites is 1. The summed E-state index contributed by atoms with van der Waals surface area (Å²) in [5.74, 6) is -1.86. The molecule has 1 aliphatic heterocycles. The molecule has 1 atom stereocenters. The number of carbonyl (C=O) groups excluding carboxylic acids is 2. The highest BCUT2D eigenvalue weighted by atomic mass is 35.5. The van der Waals surface area contributed by atoms with Crippen molar-refractivity contribution in [2.45, 2.75) is 25.6 Å². The Morgan fingerprint density at radius 2 is 1.97 bits per heavy atom. The lowest BCUT2D eigenvalue weighted by Crippen LogP contribution is -2.43. The number of aromatic nitrogens is 2. The Labute approximate surface area is 219 Å². The number of rotatable bonds is 8. The smallest absolute Gasteiger partial charge is 0.397 e. The molecule has 3 aromatic rings. The van der Waals surface area contributed by atoms with Gasteiger partial charge in [-0.3, -0.25) is 19.6 Å². The van der Waals surface area contributed by atoms with E-state index in [9.17, 15) is 27.2 Å². The third-order valence-corrected chi connectivity index (χ3v) is 6.41. The molecule has 1 fully saturated rings. The van der Waals surface area contributed by atoms with Crippen molar-refractivity contribution in [2.75, 3.05) is 24.3 Å². The zero-order valence-electron chi connectivity index (χ0n) is 19.7. The minimum absolute atomic E-state index is 0.0164. The summed E-state index contributed by atoms with van der Waals surface area (Å²) in [5.41, 5.74) is 3.47. The number of Topliss-reactive ketones (excluding diaryl/α,β-unsaturated/α-hetero) is 1. The predicted molar refractivity (Wildman–Crippen MR) is 131 cm³/mol. The first kappa shape index (κ1) is 27.3. The molecule has 0 saturated carbocycles. The van der Waals surface area contributed by atoms with Crippen LogP contribution in [-0.2, 0) is 22.3 Å². The second-order valence-electron chi connectivity index (χ2n) is 8.81. The number of ketones is 1. The average Bonchev–Trinajstić information content (AvgIpc) is 3.33. The fourth-order valence-corrected chi connectivity index (χ4v) is 4.31. The number of nitrogens with one attached hydrogen (secondary N) is 2. The number of carbonyl (C=O) groups is 2. The van der Waals surface area contributed by atoms with E-state index in [1.165, 1.54) is 30.7 Å². The standard InChI is InChI=1S/C25H22ClF4N5O3/c26-18-7-16(35-22-17(25(28,29)30)2-1-3-19(22)27)11-33-20(18)12-34-23(37)24(4-5-38-13-24)8-21(36)14-6-15(31)10-32-9-14/h1-3,6-7,9-11,35H,4-5,8,12-13,31H2,(H,34,37)/t24-/m0/s1. The van der Waals surface area contributed by atoms with Crippen LogP contribution in [0.1, 0.15) is 34.5 Å². The van der Waals surface area contributed by atoms with Crippen molar-refractivity contribution in [2.24, 2.45) is 5.41 Å². The van der Waals surface area contributed by atoms with Gasteiger partial charge in [0.2, 0.25) is 5.91 Å². The maximum atomic E-state index is 14.2. The number of anilines is 3. The molecule has 4 rings (SSSR count). The zero-order chi connectivity index (χ0) is 27.5. The van der Waals surface area contributed by atoms with Crippen molar-refractivity contribution in [3.8, 4) is 0 Å². The van der Waals surface area contributed by atoms with E-state index in [-0.39, 0.29) is 47.3 Å². The third kappa shape index (κ3) is 6.03. The van der Waals surface area contributed by atoms with Crippen molar-refractivity contribution in [3.63, 3.8) is 0 Å². The van der Waals surface area contributed by atoms with Gasteiger partial charge in [-0.25, -0.2) is 4.39 Å². The van der Waals surface area contributed by atoms with Crippen molar-refractivity contribution in [1.82, 2.24) is 15.3 Å². The van der Waals surface area contributed by atoms with Crippen LogP contribution in [0.5, 0.6) is 0 Å². The van der Waals surface area contributed by atoms with Crippen LogP contribution in [0.2, 0.25) is 5.02 Å². The van der Waals surface area contributed by atoms with Crippen LogP contribution >= 0.6 is 11.6 Å². The number of hydrogen-bond donors (Lipinski definition) is 3. The number of nitrogens with two attached hydrogens (primary N) is 1. The number of halogens is 5. The van der Waals surface area contributed by atoms with Gasteiger partial charge in [0.25, 0.3) is 0 Å². The SMILES string of the molecule is Nc1cncc(C(=O)C[C@@]2(C(=O)NCc3ncc(Nc4c(F)cccc4C(F)(F)F)cc3Cl)CCOC2)c1. The fraction of sp³-hybridized carbons (Fsp3) is 0.280. The normalized spacial score (nSPS) is 17.3. The number of benzene rings is 1. The van der Waals surface area contributed by atoms with E-state index in [0.717, 1.165) is 18.2 Å². The molecule has 2 aromatic heterocycles. The van der Waals surface area contributed by atoms with E-state index >= 15 is 0 Å². The van der Waals surface area contributed by atoms with Gasteiger partial charge in [-0.05, 0) is 30.7 Å². The van der Waals surface area contributed by atoms with Gasteiger partial charge in [-0.1, -0.05) is 17.7 Å². The minimum Gasteiger partial charge on any atom is -0.397 e. The Hall–Kier alpha value is -3.77. The Balaban J connectivity index is 1.45. The lowest BCUT2D eigenvalue weighted by Gasteiger charge is -2.25. The number of nitrogens with zero attached hydrogens (tertiary/aromatic N) is 2. The molecule has 1 amide bonds. The number of hydrogen-bond acceptors (Lipinski definition) is 7. The third-order valence-electron chi connectivity index (χ3n) is 6.09. The van der Waals surface area contributed by atoms with Crippen LogP contribution in [0, 0.1) is 11.2 Å². The minimum atomic E-state index is -4.78. The Kier molecular flexibility index (Phi) is 7.83. The molecule has 200 valence electrons. The zero-order valence-corrected chi connectivity index (χ0v) is 20.5. The summed E-state index contributed by atoms with van der Waals surface area (Å²) in [7, 11) is 0. The summed E-state index contributed by atoms with van der Waals surface area (Å²) in [6.45, 7) is 0.209. The van der Waals surface area contributed by atoms with Gasteiger partial charge in [-0.15, -0.1) is 0 Å². The first-order valence-corrected chi connectivity index (χ1v) is 11.7. The summed E-state index contributed by atoms with van der Waals surface area (Å²) >= 11 is 6.25. The van der Waals surface area contributed by atoms with Gasteiger partial charge in [0.15, 0.2) is 5.78 Å². The van der Waals surface area contributed by atoms with Gasteiger partial charge in [-0.2, -0.15) is 13.2 Å². The van der Waals surface area contributed by atoms with Crippen molar-refractivity contribution >= 4 is 40.4 Å². The molecule has 0 aliphatic carbocycles. The number of ether oxygens (including phenoxy) is 1. The Bertz CT molecular complexity index is 1360. The summed E-state index contributed by atoms with van der Waals surface area (Å²) in [6.07, 6.45) is -0.645. The monoisotopic (exact) mass is 551 g/mol. The quantitative estimate of drug-likeness (QED) is 0.269. The van der Waals surface area contributed by atoms with Crippen molar-refractivity contribution in [3.05, 3.63) is 76.6 Å². The summed E-state index contributed by atoms with van der Waals surface area (Å²) in [6, 6.07) is 5.36.